The molecule has 0 spiro atoms. The number of aromatic nitrogens is 5. The summed E-state index contributed by atoms with van der Waals surface area (Å²) in [7, 11) is 0. The summed E-state index contributed by atoms with van der Waals surface area (Å²) in [6.45, 7) is 0. The minimum absolute atomic E-state index is 0.928. The molecule has 0 aliphatic heterocycles. The van der Waals surface area contributed by atoms with Gasteiger partial charge in [0.15, 0.2) is 0 Å². The van der Waals surface area contributed by atoms with Gasteiger partial charge in [0.2, 0.25) is 0 Å². The van der Waals surface area contributed by atoms with Gasteiger partial charge < -0.3 is 4.57 Å². The molecule has 0 aliphatic rings. The molecule has 238 valence electrons. The van der Waals surface area contributed by atoms with Crippen molar-refractivity contribution in [1.29, 1.82) is 0 Å². The highest BCUT2D eigenvalue weighted by Crippen LogP contribution is 2.38. The zero-order valence-corrected chi connectivity index (χ0v) is 27.5. The molecule has 0 fully saturated rings. The van der Waals surface area contributed by atoms with Crippen LogP contribution in [0.4, 0.5) is 0 Å². The number of para-hydroxylation sites is 2. The van der Waals surface area contributed by atoms with Crippen LogP contribution in [-0.4, -0.2) is 23.7 Å². The summed E-state index contributed by atoms with van der Waals surface area (Å²) in [5.74, 6) is 0. The molecule has 11 rings (SSSR count). The summed E-state index contributed by atoms with van der Waals surface area (Å²) in [6, 6.07) is 58.6. The van der Waals surface area contributed by atoms with Gasteiger partial charge in [-0.15, -0.1) is 0 Å². The van der Waals surface area contributed by atoms with Crippen LogP contribution in [0.2, 0.25) is 0 Å². The fraction of sp³-hybridized carbons (Fsp3) is 0. The SMILES string of the molecule is c1ccc(-c2ccc3c(c2)c2cccnc2n3-c2cccc(-n3c4ccc(-n5c6ccccc6c6ccccc65)cc4c4cccnc43)c2)cc1. The molecule has 0 atom stereocenters. The van der Waals surface area contributed by atoms with Crippen LogP contribution >= 0.6 is 0 Å². The first-order valence-electron chi connectivity index (χ1n) is 17.2. The van der Waals surface area contributed by atoms with E-state index in [2.05, 4.69) is 165 Å². The maximum atomic E-state index is 4.95. The molecule has 5 heteroatoms. The number of nitrogens with zero attached hydrogens (tertiary/aromatic N) is 5. The molecule has 11 aromatic rings. The summed E-state index contributed by atoms with van der Waals surface area (Å²) in [6.07, 6.45) is 3.77. The fourth-order valence-corrected chi connectivity index (χ4v) is 8.12. The van der Waals surface area contributed by atoms with E-state index in [0.717, 1.165) is 55.5 Å². The molecule has 6 aromatic carbocycles. The summed E-state index contributed by atoms with van der Waals surface area (Å²) >= 11 is 0. The first kappa shape index (κ1) is 27.9. The number of hydrogen-bond acceptors (Lipinski definition) is 2. The van der Waals surface area contributed by atoms with Crippen molar-refractivity contribution in [3.8, 4) is 28.2 Å². The monoisotopic (exact) mass is 651 g/mol. The first-order valence-corrected chi connectivity index (χ1v) is 17.2. The molecule has 5 aromatic heterocycles. The average Bonchev–Trinajstić information content (AvgIpc) is 3.83. The number of rotatable bonds is 4. The van der Waals surface area contributed by atoms with Gasteiger partial charge in [0.25, 0.3) is 0 Å². The Labute approximate surface area is 292 Å². The predicted octanol–water partition coefficient (Wildman–Crippen LogP) is 11.4. The molecule has 0 N–H and O–H groups in total. The van der Waals surface area contributed by atoms with Crippen LogP contribution in [0.1, 0.15) is 0 Å². The number of hydrogen-bond donors (Lipinski definition) is 0. The highest BCUT2D eigenvalue weighted by Gasteiger charge is 2.19. The molecule has 0 aliphatic carbocycles. The molecular weight excluding hydrogens is 623 g/mol. The van der Waals surface area contributed by atoms with E-state index < -0.39 is 0 Å². The van der Waals surface area contributed by atoms with E-state index in [1.54, 1.807) is 0 Å². The Kier molecular flexibility index (Phi) is 5.89. The van der Waals surface area contributed by atoms with Crippen LogP contribution in [0.5, 0.6) is 0 Å². The molecule has 5 heterocycles. The second-order valence-corrected chi connectivity index (χ2v) is 13.1. The van der Waals surface area contributed by atoms with Gasteiger partial charge in [-0.1, -0.05) is 78.9 Å². The molecule has 0 bridgehead atoms. The van der Waals surface area contributed by atoms with E-state index >= 15 is 0 Å². The highest BCUT2D eigenvalue weighted by molar-refractivity contribution is 6.12. The summed E-state index contributed by atoms with van der Waals surface area (Å²) in [4.78, 5) is 9.86. The third-order valence-electron chi connectivity index (χ3n) is 10.3. The van der Waals surface area contributed by atoms with Gasteiger partial charge in [-0.25, -0.2) is 9.97 Å². The van der Waals surface area contributed by atoms with Crippen molar-refractivity contribution < 1.29 is 0 Å². The lowest BCUT2D eigenvalue weighted by Crippen LogP contribution is -2.00. The average molecular weight is 652 g/mol. The van der Waals surface area contributed by atoms with Gasteiger partial charge in [0.1, 0.15) is 11.3 Å². The van der Waals surface area contributed by atoms with Crippen molar-refractivity contribution in [3.63, 3.8) is 0 Å². The Morgan fingerprint density at radius 3 is 1.45 bits per heavy atom. The second kappa shape index (κ2) is 10.8. The molecular formula is C46H29N5. The Morgan fingerprint density at radius 1 is 0.294 bits per heavy atom. The third kappa shape index (κ3) is 4.09. The summed E-state index contributed by atoms with van der Waals surface area (Å²) in [5.41, 5.74) is 12.1. The van der Waals surface area contributed by atoms with Crippen LogP contribution in [0.15, 0.2) is 176 Å². The van der Waals surface area contributed by atoms with E-state index in [-0.39, 0.29) is 0 Å². The van der Waals surface area contributed by atoms with Gasteiger partial charge in [0, 0.05) is 61.8 Å². The standard InChI is InChI=1S/C46H29N5/c1-2-11-30(12-3-1)31-21-23-43-39(27-31)37-17-9-25-47-45(37)50(43)32-13-8-14-33(28-32)51-44-24-22-34(29-40(44)38-18-10-26-48-46(38)51)49-41-19-6-4-15-35(41)36-16-5-7-20-42(36)49/h1-29H. The number of fused-ring (bicyclic) bond motifs is 9. The van der Waals surface area contributed by atoms with E-state index in [0.29, 0.717) is 0 Å². The van der Waals surface area contributed by atoms with Crippen molar-refractivity contribution in [3.05, 3.63) is 176 Å². The predicted molar refractivity (Wildman–Crippen MR) is 210 cm³/mol. The van der Waals surface area contributed by atoms with E-state index in [9.17, 15) is 0 Å². The van der Waals surface area contributed by atoms with Crippen LogP contribution in [0.25, 0.3) is 93.9 Å². The van der Waals surface area contributed by atoms with Crippen LogP contribution < -0.4 is 0 Å². The van der Waals surface area contributed by atoms with Crippen molar-refractivity contribution in [2.24, 2.45) is 0 Å². The van der Waals surface area contributed by atoms with Crippen molar-refractivity contribution >= 4 is 65.7 Å². The quantitative estimate of drug-likeness (QED) is 0.190. The minimum Gasteiger partial charge on any atom is -0.309 e. The molecule has 0 saturated carbocycles. The lowest BCUT2D eigenvalue weighted by molar-refractivity contribution is 1.10. The lowest BCUT2D eigenvalue weighted by Gasteiger charge is -2.12. The van der Waals surface area contributed by atoms with Crippen LogP contribution in [0.3, 0.4) is 0 Å². The maximum absolute atomic E-state index is 4.95. The highest BCUT2D eigenvalue weighted by atomic mass is 15.1. The topological polar surface area (TPSA) is 40.6 Å². The van der Waals surface area contributed by atoms with Crippen molar-refractivity contribution in [1.82, 2.24) is 23.7 Å². The zero-order chi connectivity index (χ0) is 33.5. The van der Waals surface area contributed by atoms with Gasteiger partial charge in [0.05, 0.1) is 22.1 Å². The second-order valence-electron chi connectivity index (χ2n) is 13.1. The molecule has 51 heavy (non-hydrogen) atoms. The van der Waals surface area contributed by atoms with Crippen molar-refractivity contribution in [2.75, 3.05) is 0 Å². The Bertz CT molecular complexity index is 3090. The van der Waals surface area contributed by atoms with Gasteiger partial charge in [-0.3, -0.25) is 9.13 Å². The van der Waals surface area contributed by atoms with Gasteiger partial charge >= 0.3 is 0 Å². The Morgan fingerprint density at radius 2 is 0.804 bits per heavy atom. The van der Waals surface area contributed by atoms with Crippen LogP contribution in [-0.2, 0) is 0 Å². The largest absolute Gasteiger partial charge is 0.309 e. The Balaban J connectivity index is 1.12. The third-order valence-corrected chi connectivity index (χ3v) is 10.3. The number of benzene rings is 6. The lowest BCUT2D eigenvalue weighted by atomic mass is 10.0. The zero-order valence-electron chi connectivity index (χ0n) is 27.5. The van der Waals surface area contributed by atoms with E-state index in [4.69, 9.17) is 9.97 Å². The fourth-order valence-electron chi connectivity index (χ4n) is 8.12. The van der Waals surface area contributed by atoms with Gasteiger partial charge in [-0.05, 0) is 96.1 Å². The van der Waals surface area contributed by atoms with Crippen LogP contribution in [0, 0.1) is 0 Å². The number of pyridine rings is 2. The van der Waals surface area contributed by atoms with E-state index in [1.165, 1.54) is 38.3 Å². The van der Waals surface area contributed by atoms with E-state index in [1.807, 2.05) is 24.5 Å². The Hall–Kier alpha value is -6.98. The van der Waals surface area contributed by atoms with Crippen molar-refractivity contribution in [2.45, 2.75) is 0 Å². The maximum Gasteiger partial charge on any atom is 0.145 e. The molecule has 0 amide bonds. The van der Waals surface area contributed by atoms with Gasteiger partial charge in [-0.2, -0.15) is 0 Å². The molecule has 0 unspecified atom stereocenters. The molecule has 0 saturated heterocycles. The normalized spacial score (nSPS) is 11.9. The molecule has 0 radical (unpaired) electrons. The minimum atomic E-state index is 0.928. The summed E-state index contributed by atoms with van der Waals surface area (Å²) < 4.78 is 6.95. The first-order chi connectivity index (χ1) is 25.3. The smallest absolute Gasteiger partial charge is 0.145 e. The summed E-state index contributed by atoms with van der Waals surface area (Å²) in [5, 5.41) is 7.10. The molecule has 5 nitrogen and oxygen atoms in total.